The zero-order valence-corrected chi connectivity index (χ0v) is 19.7. The summed E-state index contributed by atoms with van der Waals surface area (Å²) in [4.78, 5) is 37.7. The fraction of sp³-hybridized carbons (Fsp3) is 0.192. The Morgan fingerprint density at radius 3 is 2.26 bits per heavy atom. The van der Waals surface area contributed by atoms with Crippen LogP contribution < -0.4 is 20.3 Å². The molecule has 3 N–H and O–H groups in total. The van der Waals surface area contributed by atoms with Crippen LogP contribution in [0.3, 0.4) is 0 Å². The summed E-state index contributed by atoms with van der Waals surface area (Å²) < 4.78 is 6.01. The average Bonchev–Trinajstić information content (AvgIpc) is 2.83. The summed E-state index contributed by atoms with van der Waals surface area (Å²) >= 11 is 6.01. The van der Waals surface area contributed by atoms with Gasteiger partial charge in [0.05, 0.1) is 25.2 Å². The molecule has 3 aromatic rings. The maximum atomic E-state index is 12.8. The second-order valence-electron chi connectivity index (χ2n) is 7.64. The Labute approximate surface area is 208 Å². The Morgan fingerprint density at radius 1 is 0.857 bits per heavy atom. The first-order valence-corrected chi connectivity index (χ1v) is 11.3. The summed E-state index contributed by atoms with van der Waals surface area (Å²) in [6.07, 6.45) is -0.195. The largest absolute Gasteiger partial charge is 0.481 e. The minimum atomic E-state index is -1.01. The Bertz CT molecular complexity index is 1160. The number of amides is 2. The molecule has 0 fully saturated rings. The van der Waals surface area contributed by atoms with Crippen LogP contribution in [0.5, 0.6) is 11.5 Å². The fourth-order valence-electron chi connectivity index (χ4n) is 3.26. The van der Waals surface area contributed by atoms with Gasteiger partial charge in [-0.1, -0.05) is 54.1 Å². The Balaban J connectivity index is 1.75. The van der Waals surface area contributed by atoms with Crippen molar-refractivity contribution in [1.82, 2.24) is 10.6 Å². The van der Waals surface area contributed by atoms with Gasteiger partial charge in [0.2, 0.25) is 11.8 Å². The highest BCUT2D eigenvalue weighted by Gasteiger charge is 2.19. The lowest BCUT2D eigenvalue weighted by atomic mass is 10.2. The van der Waals surface area contributed by atoms with E-state index in [4.69, 9.17) is 21.4 Å². The van der Waals surface area contributed by atoms with E-state index in [0.29, 0.717) is 22.2 Å². The summed E-state index contributed by atoms with van der Waals surface area (Å²) in [5, 5.41) is 14.8. The van der Waals surface area contributed by atoms with E-state index in [0.717, 1.165) is 5.56 Å². The number of rotatable bonds is 12. The van der Waals surface area contributed by atoms with Crippen LogP contribution in [-0.4, -0.2) is 42.5 Å². The van der Waals surface area contributed by atoms with Crippen molar-refractivity contribution in [1.29, 1.82) is 0 Å². The van der Waals surface area contributed by atoms with Crippen molar-refractivity contribution in [2.45, 2.75) is 13.0 Å². The van der Waals surface area contributed by atoms with Gasteiger partial charge in [-0.05, 0) is 42.0 Å². The SMILES string of the molecule is O=C(O)CCNC(=O)CN(CC(=O)NCc1cccc(Cl)c1)c1ccccc1Oc1ccccc1. The molecule has 9 heteroatoms. The number of para-hydroxylation sites is 3. The molecule has 0 aliphatic rings. The third-order valence-electron chi connectivity index (χ3n) is 4.89. The van der Waals surface area contributed by atoms with Gasteiger partial charge in [-0.15, -0.1) is 0 Å². The molecule has 0 atom stereocenters. The smallest absolute Gasteiger partial charge is 0.305 e. The zero-order chi connectivity index (χ0) is 25.0. The zero-order valence-electron chi connectivity index (χ0n) is 18.9. The minimum Gasteiger partial charge on any atom is -0.481 e. The van der Waals surface area contributed by atoms with Crippen LogP contribution in [0.2, 0.25) is 5.02 Å². The van der Waals surface area contributed by atoms with Gasteiger partial charge in [-0.3, -0.25) is 14.4 Å². The van der Waals surface area contributed by atoms with E-state index in [9.17, 15) is 14.4 Å². The second kappa shape index (κ2) is 13.0. The van der Waals surface area contributed by atoms with Crippen molar-refractivity contribution in [3.8, 4) is 11.5 Å². The van der Waals surface area contributed by atoms with Gasteiger partial charge in [0, 0.05) is 18.1 Å². The summed E-state index contributed by atoms with van der Waals surface area (Å²) in [6, 6.07) is 23.4. The van der Waals surface area contributed by atoms with Crippen molar-refractivity contribution in [2.75, 3.05) is 24.5 Å². The molecule has 3 rings (SSSR count). The van der Waals surface area contributed by atoms with Crippen molar-refractivity contribution in [3.05, 3.63) is 89.4 Å². The van der Waals surface area contributed by atoms with Crippen LogP contribution in [0.4, 0.5) is 5.69 Å². The summed E-state index contributed by atoms with van der Waals surface area (Å²) in [5.74, 6) is -0.652. The Kier molecular flexibility index (Phi) is 9.50. The molecule has 0 radical (unpaired) electrons. The number of aliphatic carboxylic acids is 1. The summed E-state index contributed by atoms with van der Waals surface area (Å²) in [5.41, 5.74) is 1.39. The number of halogens is 1. The highest BCUT2D eigenvalue weighted by atomic mass is 35.5. The maximum Gasteiger partial charge on any atom is 0.305 e. The number of hydrogen-bond acceptors (Lipinski definition) is 5. The predicted octanol–water partition coefficient (Wildman–Crippen LogP) is 3.85. The molecule has 35 heavy (non-hydrogen) atoms. The number of carbonyl (C=O) groups is 3. The number of nitrogens with one attached hydrogen (secondary N) is 2. The van der Waals surface area contributed by atoms with Gasteiger partial charge in [0.1, 0.15) is 5.75 Å². The summed E-state index contributed by atoms with van der Waals surface area (Å²) in [7, 11) is 0. The molecule has 3 aromatic carbocycles. The van der Waals surface area contributed by atoms with E-state index >= 15 is 0 Å². The second-order valence-corrected chi connectivity index (χ2v) is 8.08. The van der Waals surface area contributed by atoms with E-state index in [-0.39, 0.29) is 38.5 Å². The number of hydrogen-bond donors (Lipinski definition) is 3. The normalized spacial score (nSPS) is 10.3. The van der Waals surface area contributed by atoms with E-state index in [1.54, 1.807) is 59.5 Å². The van der Waals surface area contributed by atoms with Gasteiger partial charge in [0.15, 0.2) is 5.75 Å². The van der Waals surface area contributed by atoms with Crippen LogP contribution in [0.15, 0.2) is 78.9 Å². The molecular weight excluding hydrogens is 470 g/mol. The first-order valence-electron chi connectivity index (χ1n) is 11.0. The van der Waals surface area contributed by atoms with E-state index in [2.05, 4.69) is 10.6 Å². The van der Waals surface area contributed by atoms with Gasteiger partial charge in [0.25, 0.3) is 0 Å². The minimum absolute atomic E-state index is 0.00880. The van der Waals surface area contributed by atoms with Crippen LogP contribution in [0.25, 0.3) is 0 Å². The van der Waals surface area contributed by atoms with Crippen molar-refractivity contribution in [2.24, 2.45) is 0 Å². The van der Waals surface area contributed by atoms with Crippen molar-refractivity contribution in [3.63, 3.8) is 0 Å². The molecule has 0 heterocycles. The quantitative estimate of drug-likeness (QED) is 0.352. The highest BCUT2D eigenvalue weighted by molar-refractivity contribution is 6.30. The Hall–Kier alpha value is -4.04. The number of carboxylic acid groups (broad SMARTS) is 1. The number of anilines is 1. The molecular formula is C26H26ClN3O5. The molecule has 2 amide bonds. The number of carbonyl (C=O) groups excluding carboxylic acids is 2. The lowest BCUT2D eigenvalue weighted by Gasteiger charge is -2.26. The molecule has 8 nitrogen and oxygen atoms in total. The van der Waals surface area contributed by atoms with Crippen LogP contribution in [0.1, 0.15) is 12.0 Å². The number of nitrogens with zero attached hydrogens (tertiary/aromatic N) is 1. The third kappa shape index (κ3) is 8.68. The van der Waals surface area contributed by atoms with Crippen LogP contribution >= 0.6 is 11.6 Å². The van der Waals surface area contributed by atoms with E-state index in [1.165, 1.54) is 0 Å². The molecule has 0 aliphatic heterocycles. The molecule has 0 unspecified atom stereocenters. The average molecular weight is 496 g/mol. The van der Waals surface area contributed by atoms with Crippen molar-refractivity contribution < 1.29 is 24.2 Å². The van der Waals surface area contributed by atoms with Gasteiger partial charge < -0.3 is 25.4 Å². The standard InChI is InChI=1S/C26H26ClN3O5/c27-20-8-6-7-19(15-20)16-29-25(32)18-30(17-24(31)28-14-13-26(33)34)22-11-4-5-12-23(22)35-21-9-2-1-3-10-21/h1-12,15H,13-14,16-18H2,(H,28,31)(H,29,32)(H,33,34). The molecule has 0 spiro atoms. The topological polar surface area (TPSA) is 108 Å². The number of benzene rings is 3. The van der Waals surface area contributed by atoms with E-state index < -0.39 is 11.9 Å². The van der Waals surface area contributed by atoms with E-state index in [1.807, 2.05) is 24.3 Å². The molecule has 0 saturated heterocycles. The Morgan fingerprint density at radius 2 is 1.54 bits per heavy atom. The fourth-order valence-corrected chi connectivity index (χ4v) is 3.47. The number of ether oxygens (including phenoxy) is 1. The first-order chi connectivity index (χ1) is 16.9. The molecule has 0 saturated carbocycles. The number of carboxylic acids is 1. The van der Waals surface area contributed by atoms with Crippen molar-refractivity contribution >= 4 is 35.1 Å². The van der Waals surface area contributed by atoms with Gasteiger partial charge >= 0.3 is 5.97 Å². The highest BCUT2D eigenvalue weighted by Crippen LogP contribution is 2.32. The van der Waals surface area contributed by atoms with Crippen LogP contribution in [0, 0.1) is 0 Å². The lowest BCUT2D eigenvalue weighted by Crippen LogP contribution is -2.43. The molecule has 182 valence electrons. The van der Waals surface area contributed by atoms with Crippen LogP contribution in [-0.2, 0) is 20.9 Å². The maximum absolute atomic E-state index is 12.8. The van der Waals surface area contributed by atoms with Gasteiger partial charge in [-0.25, -0.2) is 0 Å². The molecule has 0 aliphatic carbocycles. The summed E-state index contributed by atoms with van der Waals surface area (Å²) in [6.45, 7) is -0.0210. The lowest BCUT2D eigenvalue weighted by molar-refractivity contribution is -0.136. The first kappa shape index (κ1) is 25.6. The third-order valence-corrected chi connectivity index (χ3v) is 5.12. The van der Waals surface area contributed by atoms with Gasteiger partial charge in [-0.2, -0.15) is 0 Å². The monoisotopic (exact) mass is 495 g/mol. The predicted molar refractivity (Wildman–Crippen MR) is 134 cm³/mol. The molecule has 0 aromatic heterocycles. The molecule has 0 bridgehead atoms.